The lowest BCUT2D eigenvalue weighted by Crippen LogP contribution is -2.01. The minimum atomic E-state index is 0.400. The highest BCUT2D eigenvalue weighted by Gasteiger charge is 2.22. The van der Waals surface area contributed by atoms with E-state index < -0.39 is 0 Å². The van der Waals surface area contributed by atoms with Gasteiger partial charge in [0.1, 0.15) is 23.0 Å². The van der Waals surface area contributed by atoms with Crippen LogP contribution in [0.5, 0.6) is 23.0 Å². The van der Waals surface area contributed by atoms with E-state index in [1.165, 1.54) is 0 Å². The van der Waals surface area contributed by atoms with Crippen molar-refractivity contribution in [3.05, 3.63) is 48.5 Å². The fourth-order valence-electron chi connectivity index (χ4n) is 2.43. The normalized spacial score (nSPS) is 20.8. The van der Waals surface area contributed by atoms with Crippen molar-refractivity contribution in [2.75, 3.05) is 26.4 Å². The summed E-state index contributed by atoms with van der Waals surface area (Å²) < 4.78 is 27.5. The van der Waals surface area contributed by atoms with Crippen LogP contribution in [0.4, 0.5) is 0 Å². The van der Waals surface area contributed by atoms with E-state index in [-0.39, 0.29) is 0 Å². The van der Waals surface area contributed by atoms with Gasteiger partial charge in [-0.2, -0.15) is 0 Å². The molecule has 0 saturated carbocycles. The smallest absolute Gasteiger partial charge is 0.127 e. The summed E-state index contributed by atoms with van der Waals surface area (Å²) in [5, 5.41) is 0. The summed E-state index contributed by atoms with van der Waals surface area (Å²) in [5.74, 6) is 3.24. The van der Waals surface area contributed by atoms with Crippen molar-refractivity contribution >= 4 is 0 Å². The second-order valence-electron chi connectivity index (χ2n) is 6.23. The molecular formula is C20H22O5. The highest BCUT2D eigenvalue weighted by atomic mass is 16.6. The van der Waals surface area contributed by atoms with Crippen molar-refractivity contribution in [1.29, 1.82) is 0 Å². The summed E-state index contributed by atoms with van der Waals surface area (Å²) in [5.41, 5.74) is 0. The lowest BCUT2D eigenvalue weighted by atomic mass is 10.3. The van der Waals surface area contributed by atoms with Crippen LogP contribution in [0.3, 0.4) is 0 Å². The molecule has 2 aromatic rings. The first-order valence-corrected chi connectivity index (χ1v) is 8.72. The molecule has 132 valence electrons. The lowest BCUT2D eigenvalue weighted by Gasteiger charge is -2.09. The molecule has 2 unspecified atom stereocenters. The van der Waals surface area contributed by atoms with Crippen LogP contribution < -0.4 is 14.2 Å². The van der Waals surface area contributed by atoms with Crippen LogP contribution in [0.25, 0.3) is 0 Å². The van der Waals surface area contributed by atoms with E-state index in [1.807, 2.05) is 48.5 Å². The molecule has 0 aliphatic carbocycles. The fourth-order valence-corrected chi connectivity index (χ4v) is 2.43. The molecule has 2 aromatic carbocycles. The van der Waals surface area contributed by atoms with Crippen LogP contribution in [-0.2, 0) is 9.47 Å². The Balaban J connectivity index is 1.22. The van der Waals surface area contributed by atoms with E-state index in [4.69, 9.17) is 23.7 Å². The molecule has 2 aliphatic heterocycles. The first-order valence-electron chi connectivity index (χ1n) is 8.72. The van der Waals surface area contributed by atoms with Gasteiger partial charge in [0, 0.05) is 12.8 Å². The van der Waals surface area contributed by atoms with Gasteiger partial charge in [-0.3, -0.25) is 0 Å². The molecule has 5 nitrogen and oxygen atoms in total. The Kier molecular flexibility index (Phi) is 5.04. The number of benzene rings is 2. The van der Waals surface area contributed by atoms with Gasteiger partial charge < -0.3 is 23.7 Å². The van der Waals surface area contributed by atoms with Crippen LogP contribution in [0.2, 0.25) is 0 Å². The summed E-state index contributed by atoms with van der Waals surface area (Å²) in [4.78, 5) is 0. The van der Waals surface area contributed by atoms with Gasteiger partial charge >= 0.3 is 0 Å². The van der Waals surface area contributed by atoms with E-state index in [0.29, 0.717) is 25.4 Å². The van der Waals surface area contributed by atoms with Crippen LogP contribution in [0.15, 0.2) is 48.5 Å². The second kappa shape index (κ2) is 7.76. The standard InChI is InChI=1S/C20H22O5/c1-5-17(6-2-15(1)21-11-9-19-13-23-19)25-18-7-3-16(4-8-18)22-12-10-20-14-24-20/h1-8,19-20H,9-14H2. The molecule has 4 rings (SSSR count). The Morgan fingerprint density at radius 3 is 1.36 bits per heavy atom. The Morgan fingerprint density at radius 1 is 0.640 bits per heavy atom. The Morgan fingerprint density at radius 2 is 1.00 bits per heavy atom. The Labute approximate surface area is 147 Å². The summed E-state index contributed by atoms with van der Waals surface area (Å²) >= 11 is 0. The fraction of sp³-hybridized carbons (Fsp3) is 0.400. The molecule has 0 radical (unpaired) electrons. The number of epoxide rings is 2. The van der Waals surface area contributed by atoms with Crippen LogP contribution in [0, 0.1) is 0 Å². The van der Waals surface area contributed by atoms with Gasteiger partial charge in [-0.05, 0) is 48.5 Å². The molecule has 2 fully saturated rings. The van der Waals surface area contributed by atoms with Crippen molar-refractivity contribution < 1.29 is 23.7 Å². The zero-order valence-corrected chi connectivity index (χ0v) is 14.1. The molecule has 2 heterocycles. The highest BCUT2D eigenvalue weighted by molar-refractivity contribution is 5.37. The summed E-state index contributed by atoms with van der Waals surface area (Å²) in [6.07, 6.45) is 2.69. The van der Waals surface area contributed by atoms with Gasteiger partial charge in [0.25, 0.3) is 0 Å². The molecule has 2 aliphatic rings. The van der Waals surface area contributed by atoms with E-state index >= 15 is 0 Å². The number of ether oxygens (including phenoxy) is 5. The summed E-state index contributed by atoms with van der Waals surface area (Å²) in [6.45, 7) is 3.10. The SMILES string of the molecule is c1cc(Oc2ccc(OCCC3CO3)cc2)ccc1OCCC1CO1. The number of rotatable bonds is 10. The predicted molar refractivity (Wildman–Crippen MR) is 92.7 cm³/mol. The molecule has 0 amide bonds. The van der Waals surface area contributed by atoms with Crippen molar-refractivity contribution in [1.82, 2.24) is 0 Å². The Hall–Kier alpha value is -2.24. The average molecular weight is 342 g/mol. The largest absolute Gasteiger partial charge is 0.493 e. The third-order valence-corrected chi connectivity index (χ3v) is 4.11. The van der Waals surface area contributed by atoms with Gasteiger partial charge in [0.05, 0.1) is 38.6 Å². The molecular weight excluding hydrogens is 320 g/mol. The molecule has 0 spiro atoms. The maximum atomic E-state index is 5.84. The average Bonchev–Trinajstić information content (AvgIpc) is 3.53. The molecule has 0 aromatic heterocycles. The van der Waals surface area contributed by atoms with Gasteiger partial charge in [0.2, 0.25) is 0 Å². The summed E-state index contributed by atoms with van der Waals surface area (Å²) in [7, 11) is 0. The topological polar surface area (TPSA) is 52.8 Å². The minimum Gasteiger partial charge on any atom is -0.493 e. The molecule has 0 N–H and O–H groups in total. The molecule has 2 saturated heterocycles. The van der Waals surface area contributed by atoms with Crippen molar-refractivity contribution in [2.24, 2.45) is 0 Å². The Bertz CT molecular complexity index is 600. The van der Waals surface area contributed by atoms with Crippen molar-refractivity contribution in [3.63, 3.8) is 0 Å². The van der Waals surface area contributed by atoms with Gasteiger partial charge in [-0.15, -0.1) is 0 Å². The zero-order valence-electron chi connectivity index (χ0n) is 14.1. The molecule has 2 atom stereocenters. The summed E-state index contributed by atoms with van der Waals surface area (Å²) in [6, 6.07) is 15.3. The van der Waals surface area contributed by atoms with Crippen LogP contribution in [-0.4, -0.2) is 38.6 Å². The van der Waals surface area contributed by atoms with E-state index in [1.54, 1.807) is 0 Å². The van der Waals surface area contributed by atoms with Gasteiger partial charge in [-0.25, -0.2) is 0 Å². The highest BCUT2D eigenvalue weighted by Crippen LogP contribution is 2.26. The first kappa shape index (κ1) is 16.2. The number of hydrogen-bond acceptors (Lipinski definition) is 5. The van der Waals surface area contributed by atoms with E-state index in [0.717, 1.165) is 49.1 Å². The van der Waals surface area contributed by atoms with Crippen LogP contribution >= 0.6 is 0 Å². The predicted octanol–water partition coefficient (Wildman–Crippen LogP) is 3.81. The molecule has 25 heavy (non-hydrogen) atoms. The quantitative estimate of drug-likeness (QED) is 0.615. The van der Waals surface area contributed by atoms with Crippen molar-refractivity contribution in [2.45, 2.75) is 25.0 Å². The first-order chi connectivity index (χ1) is 12.3. The lowest BCUT2D eigenvalue weighted by molar-refractivity contribution is 0.283. The van der Waals surface area contributed by atoms with E-state index in [9.17, 15) is 0 Å². The molecule has 0 bridgehead atoms. The number of hydrogen-bond donors (Lipinski definition) is 0. The van der Waals surface area contributed by atoms with Gasteiger partial charge in [-0.1, -0.05) is 0 Å². The maximum absolute atomic E-state index is 5.84. The third kappa shape index (κ3) is 5.37. The van der Waals surface area contributed by atoms with Gasteiger partial charge in [0.15, 0.2) is 0 Å². The minimum absolute atomic E-state index is 0.400. The van der Waals surface area contributed by atoms with Crippen LogP contribution in [0.1, 0.15) is 12.8 Å². The second-order valence-corrected chi connectivity index (χ2v) is 6.23. The van der Waals surface area contributed by atoms with E-state index in [2.05, 4.69) is 0 Å². The third-order valence-electron chi connectivity index (χ3n) is 4.11. The monoisotopic (exact) mass is 342 g/mol. The zero-order chi connectivity index (χ0) is 16.9. The van der Waals surface area contributed by atoms with Crippen molar-refractivity contribution in [3.8, 4) is 23.0 Å². The maximum Gasteiger partial charge on any atom is 0.127 e. The molecule has 5 heteroatoms.